The quantitative estimate of drug-likeness (QED) is 0.0842. The molecule has 5 N–H and O–H groups in total. The maximum Gasteiger partial charge on any atom is 0.280 e. The monoisotopic (exact) mass is 753 g/mol. The van der Waals surface area contributed by atoms with Gasteiger partial charge < -0.3 is 34.1 Å². The number of aromatic amines is 1. The van der Waals surface area contributed by atoms with Crippen LogP contribution >= 0.6 is 18.8 Å². The fourth-order valence-corrected chi connectivity index (χ4v) is 8.62. The molecule has 18 nitrogen and oxygen atoms in total. The van der Waals surface area contributed by atoms with E-state index in [-0.39, 0.29) is 54.3 Å². The summed E-state index contributed by atoms with van der Waals surface area (Å²) in [4.78, 5) is 57.5. The predicted molar refractivity (Wildman–Crippen MR) is 190 cm³/mol. The number of H-pyrrole nitrogens is 1. The minimum absolute atomic E-state index is 0.0470. The van der Waals surface area contributed by atoms with Gasteiger partial charge in [0, 0.05) is 24.1 Å². The molecule has 0 bridgehead atoms. The number of benzene rings is 1. The molecule has 0 saturated carbocycles. The number of carbonyl (C=O) groups is 2. The lowest BCUT2D eigenvalue weighted by molar-refractivity contribution is -0.118. The van der Waals surface area contributed by atoms with Gasteiger partial charge in [-0.2, -0.15) is 4.98 Å². The van der Waals surface area contributed by atoms with Gasteiger partial charge in [-0.15, -0.1) is 0 Å². The van der Waals surface area contributed by atoms with Crippen molar-refractivity contribution < 1.29 is 38.4 Å². The number of amides is 2. The number of hydrogen-bond acceptors (Lipinski definition) is 13. The van der Waals surface area contributed by atoms with Gasteiger partial charge in [-0.3, -0.25) is 33.8 Å². The number of rotatable bonds is 11. The van der Waals surface area contributed by atoms with E-state index in [0.29, 0.717) is 22.4 Å². The third kappa shape index (κ3) is 7.00. The van der Waals surface area contributed by atoms with E-state index in [1.807, 2.05) is 6.07 Å². The molecular formula is C32H36N9O9PS. The van der Waals surface area contributed by atoms with Crippen LogP contribution in [-0.2, 0) is 23.4 Å². The highest BCUT2D eigenvalue weighted by Gasteiger charge is 2.48. The third-order valence-corrected chi connectivity index (χ3v) is 12.0. The molecule has 0 aliphatic carbocycles. The first-order chi connectivity index (χ1) is 24.9. The second-order valence-electron chi connectivity index (χ2n) is 12.8. The zero-order chi connectivity index (χ0) is 36.7. The first kappa shape index (κ1) is 35.9. The molecule has 2 fully saturated rings. The Morgan fingerprint density at radius 2 is 1.88 bits per heavy atom. The Kier molecular flexibility index (Phi) is 10.0. The average molecular weight is 754 g/mol. The topological polar surface area (TPSA) is 238 Å². The van der Waals surface area contributed by atoms with Crippen molar-refractivity contribution in [3.63, 3.8) is 0 Å². The predicted octanol–water partition coefficient (Wildman–Crippen LogP) is 2.85. The molecule has 0 spiro atoms. The van der Waals surface area contributed by atoms with Gasteiger partial charge >= 0.3 is 0 Å². The molecule has 20 heteroatoms. The van der Waals surface area contributed by atoms with E-state index < -0.39 is 55.2 Å². The van der Waals surface area contributed by atoms with Crippen LogP contribution in [0.1, 0.15) is 49.5 Å². The van der Waals surface area contributed by atoms with E-state index in [1.165, 1.54) is 17.2 Å². The lowest BCUT2D eigenvalue weighted by atomic mass is 10.2. The number of hydrogen-bond donors (Lipinski definition) is 6. The molecular weight excluding hydrogens is 717 g/mol. The number of aliphatic hydroxyl groups excluding tert-OH is 2. The molecule has 6 heterocycles. The Hall–Kier alpha value is -4.49. The molecule has 1 unspecified atom stereocenters. The number of nitrogens with zero attached hydrogens (tertiary/aromatic N) is 6. The zero-order valence-electron chi connectivity index (χ0n) is 27.9. The minimum Gasteiger partial charge on any atom is -0.394 e. The van der Waals surface area contributed by atoms with Crippen molar-refractivity contribution in [3.8, 4) is 0 Å². The molecule has 2 aliphatic heterocycles. The van der Waals surface area contributed by atoms with Crippen LogP contribution in [-0.4, -0.2) is 93.3 Å². The molecule has 2 amide bonds. The number of aliphatic hydroxyl groups is 2. The van der Waals surface area contributed by atoms with Crippen molar-refractivity contribution in [2.45, 2.75) is 63.1 Å². The summed E-state index contributed by atoms with van der Waals surface area (Å²) in [6.07, 6.45) is 0.151. The van der Waals surface area contributed by atoms with Crippen molar-refractivity contribution in [3.05, 3.63) is 71.2 Å². The van der Waals surface area contributed by atoms with Gasteiger partial charge in [0.05, 0.1) is 42.8 Å². The smallest absolute Gasteiger partial charge is 0.280 e. The van der Waals surface area contributed by atoms with Crippen molar-refractivity contribution in [1.82, 2.24) is 34.1 Å². The van der Waals surface area contributed by atoms with E-state index >= 15 is 0 Å². The second-order valence-corrected chi connectivity index (χ2v) is 16.5. The summed E-state index contributed by atoms with van der Waals surface area (Å²) < 4.78 is 35.4. The summed E-state index contributed by atoms with van der Waals surface area (Å²) in [6, 6.07) is 10.4. The van der Waals surface area contributed by atoms with Crippen molar-refractivity contribution in [2.24, 2.45) is 5.92 Å². The van der Waals surface area contributed by atoms with E-state index in [9.17, 15) is 29.2 Å². The Bertz CT molecular complexity index is 2230. The van der Waals surface area contributed by atoms with Crippen LogP contribution in [0.3, 0.4) is 0 Å². The van der Waals surface area contributed by atoms with Crippen LogP contribution in [0.5, 0.6) is 0 Å². The fraction of sp³-hybridized carbons (Fsp3) is 0.406. The molecule has 7 atom stereocenters. The largest absolute Gasteiger partial charge is 0.394 e. The van der Waals surface area contributed by atoms with E-state index in [2.05, 4.69) is 47.8 Å². The number of ether oxygens (including phenoxy) is 2. The highest BCUT2D eigenvalue weighted by Crippen LogP contribution is 2.63. The molecule has 2 aliphatic rings. The Balaban J connectivity index is 1.06. The van der Waals surface area contributed by atoms with Gasteiger partial charge in [-0.1, -0.05) is 44.3 Å². The summed E-state index contributed by atoms with van der Waals surface area (Å²) >= 11 is 4.45. The number of fused-ring (bicyclic) bond motifs is 2. The highest BCUT2D eigenvalue weighted by atomic mass is 32.7. The molecule has 1 aromatic carbocycles. The fourth-order valence-electron chi connectivity index (χ4n) is 6.21. The number of imidazole rings is 1. The van der Waals surface area contributed by atoms with Crippen LogP contribution in [0.15, 0.2) is 60.0 Å². The number of aromatic nitrogens is 7. The van der Waals surface area contributed by atoms with Crippen molar-refractivity contribution in [2.75, 3.05) is 23.8 Å². The standard InChI is InChI=1S/C32H36N9O9PS/c1-16(2)28(44)38-32-37-27-24(30(46)39-32)35-15-41(27)31-22(10-18(12-42)49-31)51(47,52)48-13-21-20(43)11-23(50-21)40-9-8-19-25(33-14-34-26(19)40)36-29(45)17-6-4-3-5-7-17/h3-9,14-16,18,20-23,31,42-43H,10-13H2,1-2H3,(H,47,52)(H,33,34,36,45)(H2,37,38,39,44,46)/t18-,20-,21+,22+,23+,31+,51?/m0/s1. The first-order valence-electron chi connectivity index (χ1n) is 16.5. The normalized spacial score (nSPS) is 24.4. The van der Waals surface area contributed by atoms with Crippen LogP contribution in [0, 0.1) is 5.92 Å². The lowest BCUT2D eigenvalue weighted by Crippen LogP contribution is -2.27. The summed E-state index contributed by atoms with van der Waals surface area (Å²) in [7, 11) is 0. The molecule has 4 aromatic heterocycles. The lowest BCUT2D eigenvalue weighted by Gasteiger charge is -2.26. The molecule has 7 rings (SSSR count). The second kappa shape index (κ2) is 14.5. The Labute approximate surface area is 300 Å². The average Bonchev–Trinajstić information content (AvgIpc) is 3.92. The van der Waals surface area contributed by atoms with Crippen LogP contribution < -0.4 is 16.2 Å². The maximum atomic E-state index is 14.2. The van der Waals surface area contributed by atoms with Gasteiger partial charge in [-0.25, -0.2) is 15.0 Å². The molecule has 0 radical (unpaired) electrons. The van der Waals surface area contributed by atoms with Gasteiger partial charge in [-0.05, 0) is 24.6 Å². The van der Waals surface area contributed by atoms with Crippen molar-refractivity contribution in [1.29, 1.82) is 0 Å². The molecule has 52 heavy (non-hydrogen) atoms. The minimum atomic E-state index is -3.90. The Morgan fingerprint density at radius 3 is 2.63 bits per heavy atom. The van der Waals surface area contributed by atoms with E-state index in [4.69, 9.17) is 14.0 Å². The summed E-state index contributed by atoms with van der Waals surface area (Å²) in [6.45, 7) is -1.22. The Morgan fingerprint density at radius 1 is 1.10 bits per heavy atom. The van der Waals surface area contributed by atoms with Gasteiger partial charge in [0.15, 0.2) is 11.2 Å². The zero-order valence-corrected chi connectivity index (χ0v) is 29.7. The van der Waals surface area contributed by atoms with Crippen molar-refractivity contribution >= 4 is 64.6 Å². The van der Waals surface area contributed by atoms with Crippen LogP contribution in [0.2, 0.25) is 0 Å². The van der Waals surface area contributed by atoms with E-state index in [1.54, 1.807) is 54.9 Å². The van der Waals surface area contributed by atoms with Gasteiger partial charge in [0.2, 0.25) is 11.9 Å². The summed E-state index contributed by atoms with van der Waals surface area (Å²) in [5, 5.41) is 26.9. The van der Waals surface area contributed by atoms with Gasteiger partial charge in [0.1, 0.15) is 36.4 Å². The number of anilines is 2. The molecule has 2 saturated heterocycles. The number of nitrogens with one attached hydrogen (secondary N) is 3. The maximum absolute atomic E-state index is 14.2. The highest BCUT2D eigenvalue weighted by molar-refractivity contribution is 8.46. The third-order valence-electron chi connectivity index (χ3n) is 8.98. The molecule has 274 valence electrons. The number of thiol groups is 1. The summed E-state index contributed by atoms with van der Waals surface area (Å²) in [5.74, 6) is -0.879. The summed E-state index contributed by atoms with van der Waals surface area (Å²) in [5.41, 5.74) is -0.622. The van der Waals surface area contributed by atoms with Crippen LogP contribution in [0.4, 0.5) is 11.8 Å². The van der Waals surface area contributed by atoms with Gasteiger partial charge in [0.25, 0.3) is 18.0 Å². The SMILES string of the molecule is CC(C)C(=O)Nc1nc2c(ncn2[C@@H]2O[C@H](CO)C[C@H]2P(=O)(S)OC[C@H]2O[C@@H](n3ccc4c(NC(=O)c5ccccc5)ncnc43)C[C@@H]2O)c(=O)[nH]1. The van der Waals surface area contributed by atoms with Crippen LogP contribution in [0.25, 0.3) is 22.2 Å². The van der Waals surface area contributed by atoms with E-state index in [0.717, 1.165) is 0 Å². The number of carbonyl (C=O) groups excluding carboxylic acids is 2. The first-order valence-corrected chi connectivity index (χ1v) is 19.3. The molecule has 5 aromatic rings.